The lowest BCUT2D eigenvalue weighted by molar-refractivity contribution is 0.445. The first-order valence-electron chi connectivity index (χ1n) is 7.85. The number of nitrogens with one attached hydrogen (secondary N) is 1. The zero-order valence-corrected chi connectivity index (χ0v) is 11.9. The first-order valence-corrected chi connectivity index (χ1v) is 7.85. The fourth-order valence-electron chi connectivity index (χ4n) is 3.22. The maximum Gasteiger partial charge on any atom is 0.110 e. The lowest BCUT2D eigenvalue weighted by Crippen LogP contribution is -2.04. The van der Waals surface area contributed by atoms with E-state index in [-0.39, 0.29) is 0 Å². The lowest BCUT2D eigenvalue weighted by atomic mass is 9.91. The average Bonchev–Trinajstić information content (AvgIpc) is 2.80. The second-order valence-electron chi connectivity index (χ2n) is 5.87. The minimum absolute atomic E-state index is 0.651. The van der Waals surface area contributed by atoms with Crippen LogP contribution in [0.25, 0.3) is 11.0 Å². The maximum absolute atomic E-state index is 4.83. The van der Waals surface area contributed by atoms with Crippen molar-refractivity contribution in [2.75, 3.05) is 0 Å². The summed E-state index contributed by atoms with van der Waals surface area (Å²) in [4.78, 5) is 8.41. The normalized spacial score (nSPS) is 18.4. The van der Waals surface area contributed by atoms with Crippen LogP contribution in [-0.2, 0) is 6.42 Å². The van der Waals surface area contributed by atoms with E-state index in [4.69, 9.17) is 4.98 Å². The standard InChI is InChI=1S/C17H24N2/c1-2-13-10-11-15-16(12-13)19-17(18-15)14-8-6-4-3-5-7-9-14/h10-12,14H,2-9H2,1H3,(H,18,19). The first-order chi connectivity index (χ1) is 9.36. The summed E-state index contributed by atoms with van der Waals surface area (Å²) in [6, 6.07) is 6.62. The highest BCUT2D eigenvalue weighted by molar-refractivity contribution is 5.76. The van der Waals surface area contributed by atoms with E-state index >= 15 is 0 Å². The Bertz CT molecular complexity index is 533. The maximum atomic E-state index is 4.83. The third-order valence-corrected chi connectivity index (χ3v) is 4.46. The Morgan fingerprint density at radius 2 is 1.84 bits per heavy atom. The van der Waals surface area contributed by atoms with Crippen molar-refractivity contribution in [1.29, 1.82) is 0 Å². The first kappa shape index (κ1) is 12.7. The fourth-order valence-corrected chi connectivity index (χ4v) is 3.22. The highest BCUT2D eigenvalue weighted by Gasteiger charge is 2.17. The van der Waals surface area contributed by atoms with E-state index < -0.39 is 0 Å². The van der Waals surface area contributed by atoms with Crippen LogP contribution in [-0.4, -0.2) is 9.97 Å². The molecule has 0 aliphatic heterocycles. The molecular weight excluding hydrogens is 232 g/mol. The molecule has 0 spiro atoms. The van der Waals surface area contributed by atoms with Gasteiger partial charge in [0.2, 0.25) is 0 Å². The number of benzene rings is 1. The van der Waals surface area contributed by atoms with Crippen LogP contribution in [0.5, 0.6) is 0 Å². The largest absolute Gasteiger partial charge is 0.342 e. The summed E-state index contributed by atoms with van der Waals surface area (Å²) in [7, 11) is 0. The second-order valence-corrected chi connectivity index (χ2v) is 5.87. The van der Waals surface area contributed by atoms with Gasteiger partial charge in [-0.15, -0.1) is 0 Å². The molecule has 1 aromatic heterocycles. The number of hydrogen-bond acceptors (Lipinski definition) is 1. The van der Waals surface area contributed by atoms with Crippen LogP contribution in [0, 0.1) is 0 Å². The van der Waals surface area contributed by atoms with E-state index in [2.05, 4.69) is 30.1 Å². The summed E-state index contributed by atoms with van der Waals surface area (Å²) in [5.41, 5.74) is 3.74. The van der Waals surface area contributed by atoms with Gasteiger partial charge in [-0.25, -0.2) is 4.98 Å². The smallest absolute Gasteiger partial charge is 0.110 e. The molecule has 2 aromatic rings. The van der Waals surface area contributed by atoms with Crippen molar-refractivity contribution < 1.29 is 0 Å². The predicted molar refractivity (Wildman–Crippen MR) is 80.5 cm³/mol. The van der Waals surface area contributed by atoms with Gasteiger partial charge in [0.15, 0.2) is 0 Å². The van der Waals surface area contributed by atoms with Gasteiger partial charge in [-0.2, -0.15) is 0 Å². The van der Waals surface area contributed by atoms with Crippen LogP contribution >= 0.6 is 0 Å². The number of fused-ring (bicyclic) bond motifs is 1. The molecule has 1 saturated carbocycles. The molecule has 1 fully saturated rings. The van der Waals surface area contributed by atoms with Crippen molar-refractivity contribution in [3.05, 3.63) is 29.6 Å². The number of H-pyrrole nitrogens is 1. The van der Waals surface area contributed by atoms with E-state index in [1.165, 1.54) is 61.9 Å². The molecule has 0 unspecified atom stereocenters. The van der Waals surface area contributed by atoms with E-state index in [9.17, 15) is 0 Å². The summed E-state index contributed by atoms with van der Waals surface area (Å²) in [6.45, 7) is 2.20. The van der Waals surface area contributed by atoms with E-state index in [0.29, 0.717) is 5.92 Å². The molecule has 2 heteroatoms. The van der Waals surface area contributed by atoms with Gasteiger partial charge in [0.1, 0.15) is 5.82 Å². The van der Waals surface area contributed by atoms with Gasteiger partial charge < -0.3 is 4.98 Å². The van der Waals surface area contributed by atoms with Gasteiger partial charge in [0.25, 0.3) is 0 Å². The highest BCUT2D eigenvalue weighted by atomic mass is 14.9. The van der Waals surface area contributed by atoms with Gasteiger partial charge in [0, 0.05) is 5.92 Å². The number of imidazole rings is 1. The van der Waals surface area contributed by atoms with E-state index in [1.54, 1.807) is 0 Å². The Balaban J connectivity index is 1.86. The molecule has 1 heterocycles. The molecule has 2 nitrogen and oxygen atoms in total. The Labute approximate surface area is 115 Å². The summed E-state index contributed by atoms with van der Waals surface area (Å²) >= 11 is 0. The Hall–Kier alpha value is -1.31. The van der Waals surface area contributed by atoms with Crippen molar-refractivity contribution in [2.45, 2.75) is 64.2 Å². The van der Waals surface area contributed by atoms with E-state index in [1.807, 2.05) is 0 Å². The second kappa shape index (κ2) is 5.77. The highest BCUT2D eigenvalue weighted by Crippen LogP contribution is 2.30. The number of rotatable bonds is 2. The molecule has 0 saturated heterocycles. The molecule has 1 N–H and O–H groups in total. The minimum Gasteiger partial charge on any atom is -0.342 e. The van der Waals surface area contributed by atoms with Crippen LogP contribution in [0.1, 0.15) is 69.2 Å². The molecule has 19 heavy (non-hydrogen) atoms. The predicted octanol–water partition coefficient (Wildman–Crippen LogP) is 4.95. The molecule has 0 radical (unpaired) electrons. The van der Waals surface area contributed by atoms with Crippen molar-refractivity contribution in [1.82, 2.24) is 9.97 Å². The summed E-state index contributed by atoms with van der Waals surface area (Å²) in [5, 5.41) is 0. The molecule has 1 aliphatic carbocycles. The Kier molecular flexibility index (Phi) is 3.86. The van der Waals surface area contributed by atoms with Crippen molar-refractivity contribution in [3.8, 4) is 0 Å². The molecule has 1 aromatic carbocycles. The number of aryl methyl sites for hydroxylation is 1. The van der Waals surface area contributed by atoms with Crippen molar-refractivity contribution in [2.24, 2.45) is 0 Å². The number of aromatic amines is 1. The molecule has 0 amide bonds. The minimum atomic E-state index is 0.651. The van der Waals surface area contributed by atoms with Gasteiger partial charge in [0.05, 0.1) is 11.0 Å². The average molecular weight is 256 g/mol. The zero-order valence-electron chi connectivity index (χ0n) is 11.9. The van der Waals surface area contributed by atoms with Gasteiger partial charge >= 0.3 is 0 Å². The monoisotopic (exact) mass is 256 g/mol. The van der Waals surface area contributed by atoms with E-state index in [0.717, 1.165) is 11.9 Å². The van der Waals surface area contributed by atoms with Crippen molar-refractivity contribution >= 4 is 11.0 Å². The Morgan fingerprint density at radius 3 is 2.58 bits per heavy atom. The third-order valence-electron chi connectivity index (χ3n) is 4.46. The van der Waals surface area contributed by atoms with Crippen molar-refractivity contribution in [3.63, 3.8) is 0 Å². The third kappa shape index (κ3) is 2.83. The summed E-state index contributed by atoms with van der Waals surface area (Å²) in [5.74, 6) is 1.88. The molecule has 3 rings (SSSR count). The number of hydrogen-bond donors (Lipinski definition) is 1. The quantitative estimate of drug-likeness (QED) is 0.809. The molecule has 1 aliphatic rings. The lowest BCUT2D eigenvalue weighted by Gasteiger charge is -2.17. The molecule has 0 bridgehead atoms. The zero-order chi connectivity index (χ0) is 13.1. The van der Waals surface area contributed by atoms with Gasteiger partial charge in [-0.3, -0.25) is 0 Å². The fraction of sp³-hybridized carbons (Fsp3) is 0.588. The van der Waals surface area contributed by atoms with Crippen LogP contribution in [0.3, 0.4) is 0 Å². The number of aromatic nitrogens is 2. The number of nitrogens with zero attached hydrogens (tertiary/aromatic N) is 1. The Morgan fingerprint density at radius 1 is 1.11 bits per heavy atom. The SMILES string of the molecule is CCc1ccc2nc(C3CCCCCCC3)[nH]c2c1. The molecular formula is C17H24N2. The molecule has 0 atom stereocenters. The van der Waals surface area contributed by atoms with Gasteiger partial charge in [-0.05, 0) is 37.0 Å². The summed E-state index contributed by atoms with van der Waals surface area (Å²) < 4.78 is 0. The van der Waals surface area contributed by atoms with Crippen LogP contribution in [0.15, 0.2) is 18.2 Å². The molecule has 102 valence electrons. The topological polar surface area (TPSA) is 28.7 Å². The van der Waals surface area contributed by atoms with Crippen LogP contribution in [0.2, 0.25) is 0 Å². The van der Waals surface area contributed by atoms with Crippen LogP contribution in [0.4, 0.5) is 0 Å². The summed E-state index contributed by atoms with van der Waals surface area (Å²) in [6.07, 6.45) is 10.7. The van der Waals surface area contributed by atoms with Gasteiger partial charge in [-0.1, -0.05) is 45.1 Å². The van der Waals surface area contributed by atoms with Crippen LogP contribution < -0.4 is 0 Å².